The lowest BCUT2D eigenvalue weighted by Crippen LogP contribution is -2.16. The molecule has 0 amide bonds. The monoisotopic (exact) mass is 269 g/mol. The quantitative estimate of drug-likeness (QED) is 0.848. The fraction of sp³-hybridized carbons (Fsp3) is 0.333. The molecule has 0 aliphatic rings. The molecule has 18 heavy (non-hydrogen) atoms. The molecule has 4 nitrogen and oxygen atoms in total. The second-order valence-corrected chi connectivity index (χ2v) is 4.11. The predicted molar refractivity (Wildman–Crippen MR) is 66.9 cm³/mol. The third-order valence-electron chi connectivity index (χ3n) is 2.41. The van der Waals surface area contributed by atoms with Crippen LogP contribution >= 0.6 is 11.6 Å². The van der Waals surface area contributed by atoms with E-state index in [4.69, 9.17) is 16.0 Å². The van der Waals surface area contributed by atoms with Crippen molar-refractivity contribution in [1.29, 1.82) is 0 Å². The van der Waals surface area contributed by atoms with Crippen LogP contribution in [-0.4, -0.2) is 23.3 Å². The average molecular weight is 270 g/mol. The van der Waals surface area contributed by atoms with Crippen LogP contribution < -0.4 is 5.32 Å². The Labute approximate surface area is 109 Å². The topological polar surface area (TPSA) is 51.0 Å². The number of aromatic nitrogens is 2. The lowest BCUT2D eigenvalue weighted by Gasteiger charge is -1.99. The third kappa shape index (κ3) is 2.86. The molecular weight excluding hydrogens is 257 g/mol. The first-order valence-electron chi connectivity index (χ1n) is 5.70. The van der Waals surface area contributed by atoms with Crippen molar-refractivity contribution in [2.75, 3.05) is 13.1 Å². The van der Waals surface area contributed by atoms with Crippen LogP contribution in [0.5, 0.6) is 0 Å². The maximum absolute atomic E-state index is 13.7. The van der Waals surface area contributed by atoms with Crippen molar-refractivity contribution in [2.24, 2.45) is 0 Å². The van der Waals surface area contributed by atoms with Gasteiger partial charge in [0.1, 0.15) is 0 Å². The Morgan fingerprint density at radius 2 is 2.22 bits per heavy atom. The molecule has 1 heterocycles. The molecule has 0 atom stereocenters. The summed E-state index contributed by atoms with van der Waals surface area (Å²) in [7, 11) is 0. The molecule has 0 radical (unpaired) electrons. The number of rotatable bonds is 5. The van der Waals surface area contributed by atoms with Crippen LogP contribution in [-0.2, 0) is 6.42 Å². The van der Waals surface area contributed by atoms with Crippen molar-refractivity contribution in [2.45, 2.75) is 13.3 Å². The van der Waals surface area contributed by atoms with E-state index in [2.05, 4.69) is 15.5 Å². The molecule has 0 spiro atoms. The maximum Gasteiger partial charge on any atom is 0.250 e. The van der Waals surface area contributed by atoms with Crippen molar-refractivity contribution < 1.29 is 8.81 Å². The van der Waals surface area contributed by atoms with Gasteiger partial charge < -0.3 is 9.73 Å². The maximum atomic E-state index is 13.7. The number of hydrogen-bond acceptors (Lipinski definition) is 4. The van der Waals surface area contributed by atoms with Gasteiger partial charge in [-0.15, -0.1) is 10.2 Å². The Kier molecular flexibility index (Phi) is 4.28. The van der Waals surface area contributed by atoms with E-state index in [9.17, 15) is 4.39 Å². The predicted octanol–water partition coefficient (Wildman–Crippen LogP) is 2.68. The van der Waals surface area contributed by atoms with E-state index in [0.29, 0.717) is 12.3 Å². The van der Waals surface area contributed by atoms with Crippen LogP contribution in [0.2, 0.25) is 5.02 Å². The van der Waals surface area contributed by atoms with Gasteiger partial charge in [0, 0.05) is 13.0 Å². The molecule has 1 aromatic heterocycles. The van der Waals surface area contributed by atoms with Gasteiger partial charge in [0.2, 0.25) is 5.89 Å². The lowest BCUT2D eigenvalue weighted by molar-refractivity contribution is 0.493. The molecule has 1 aromatic carbocycles. The summed E-state index contributed by atoms with van der Waals surface area (Å²) in [5.74, 6) is 0.0906. The van der Waals surface area contributed by atoms with Gasteiger partial charge in [-0.3, -0.25) is 0 Å². The Morgan fingerprint density at radius 3 is 3.00 bits per heavy atom. The summed E-state index contributed by atoms with van der Waals surface area (Å²) in [5.41, 5.74) is 0.227. The molecule has 0 saturated carbocycles. The van der Waals surface area contributed by atoms with Crippen LogP contribution in [0, 0.1) is 5.82 Å². The number of benzene rings is 1. The largest absolute Gasteiger partial charge is 0.421 e. The van der Waals surface area contributed by atoms with E-state index < -0.39 is 5.82 Å². The van der Waals surface area contributed by atoms with Crippen LogP contribution in [0.1, 0.15) is 12.8 Å². The van der Waals surface area contributed by atoms with Crippen molar-refractivity contribution in [1.82, 2.24) is 15.5 Å². The standard InChI is InChI=1S/C12H13ClFN3O/c1-2-15-7-6-10-16-17-12(18-10)8-4-3-5-9(13)11(8)14/h3-5,15H,2,6-7H2,1H3. The van der Waals surface area contributed by atoms with Gasteiger partial charge in [-0.1, -0.05) is 24.6 Å². The molecule has 0 aliphatic heterocycles. The van der Waals surface area contributed by atoms with Crippen molar-refractivity contribution in [3.63, 3.8) is 0 Å². The minimum absolute atomic E-state index is 0.0416. The first kappa shape index (κ1) is 13.0. The summed E-state index contributed by atoms with van der Waals surface area (Å²) >= 11 is 5.70. The zero-order chi connectivity index (χ0) is 13.0. The number of nitrogens with zero attached hydrogens (tertiary/aromatic N) is 2. The van der Waals surface area contributed by atoms with E-state index in [1.807, 2.05) is 6.92 Å². The Bertz CT molecular complexity index is 530. The molecule has 1 N–H and O–H groups in total. The zero-order valence-corrected chi connectivity index (χ0v) is 10.7. The van der Waals surface area contributed by atoms with Gasteiger partial charge in [0.15, 0.2) is 5.82 Å². The summed E-state index contributed by atoms with van der Waals surface area (Å²) in [4.78, 5) is 0. The summed E-state index contributed by atoms with van der Waals surface area (Å²) in [6.45, 7) is 3.64. The fourth-order valence-corrected chi connectivity index (χ4v) is 1.68. The normalized spacial score (nSPS) is 10.8. The minimum atomic E-state index is -0.541. The van der Waals surface area contributed by atoms with E-state index in [1.165, 1.54) is 6.07 Å². The Morgan fingerprint density at radius 1 is 1.39 bits per heavy atom. The smallest absolute Gasteiger partial charge is 0.250 e. The fourth-order valence-electron chi connectivity index (χ4n) is 1.50. The molecule has 6 heteroatoms. The molecular formula is C12H13ClFN3O. The molecule has 96 valence electrons. The molecule has 2 aromatic rings. The lowest BCUT2D eigenvalue weighted by atomic mass is 10.2. The second-order valence-electron chi connectivity index (χ2n) is 3.71. The van der Waals surface area contributed by atoms with Gasteiger partial charge in [-0.2, -0.15) is 0 Å². The molecule has 0 saturated heterocycles. The van der Waals surface area contributed by atoms with Crippen molar-refractivity contribution in [3.8, 4) is 11.5 Å². The molecule has 0 fully saturated rings. The van der Waals surface area contributed by atoms with Crippen molar-refractivity contribution in [3.05, 3.63) is 34.9 Å². The van der Waals surface area contributed by atoms with Crippen molar-refractivity contribution >= 4 is 11.6 Å². The third-order valence-corrected chi connectivity index (χ3v) is 2.71. The van der Waals surface area contributed by atoms with Gasteiger partial charge in [0.05, 0.1) is 10.6 Å². The molecule has 2 rings (SSSR count). The van der Waals surface area contributed by atoms with Gasteiger partial charge >= 0.3 is 0 Å². The zero-order valence-electron chi connectivity index (χ0n) is 9.91. The first-order chi connectivity index (χ1) is 8.72. The van der Waals surface area contributed by atoms with E-state index in [0.717, 1.165) is 13.1 Å². The highest BCUT2D eigenvalue weighted by Crippen LogP contribution is 2.26. The molecule has 0 bridgehead atoms. The average Bonchev–Trinajstić information content (AvgIpc) is 2.82. The number of likely N-dealkylation sites (N-methyl/N-ethyl adjacent to an activating group) is 1. The Balaban J connectivity index is 2.16. The Hall–Kier alpha value is -1.46. The summed E-state index contributed by atoms with van der Waals surface area (Å²) in [6.07, 6.45) is 0.614. The highest BCUT2D eigenvalue weighted by molar-refractivity contribution is 6.31. The van der Waals surface area contributed by atoms with Crippen LogP contribution in [0.4, 0.5) is 4.39 Å². The molecule has 0 unspecified atom stereocenters. The van der Waals surface area contributed by atoms with Crippen LogP contribution in [0.3, 0.4) is 0 Å². The van der Waals surface area contributed by atoms with Gasteiger partial charge in [-0.05, 0) is 18.7 Å². The van der Waals surface area contributed by atoms with Gasteiger partial charge in [-0.25, -0.2) is 4.39 Å². The van der Waals surface area contributed by atoms with Crippen LogP contribution in [0.15, 0.2) is 22.6 Å². The highest BCUT2D eigenvalue weighted by atomic mass is 35.5. The van der Waals surface area contributed by atoms with E-state index in [-0.39, 0.29) is 16.5 Å². The minimum Gasteiger partial charge on any atom is -0.421 e. The first-order valence-corrected chi connectivity index (χ1v) is 6.07. The number of halogens is 2. The number of hydrogen-bond donors (Lipinski definition) is 1. The summed E-state index contributed by atoms with van der Waals surface area (Å²) in [6, 6.07) is 4.68. The van der Waals surface area contributed by atoms with Crippen LogP contribution in [0.25, 0.3) is 11.5 Å². The summed E-state index contributed by atoms with van der Waals surface area (Å²) in [5, 5.41) is 10.9. The SMILES string of the molecule is CCNCCc1nnc(-c2cccc(Cl)c2F)o1. The second kappa shape index (κ2) is 5.93. The van der Waals surface area contributed by atoms with Gasteiger partial charge in [0.25, 0.3) is 5.89 Å². The van der Waals surface area contributed by atoms with E-state index >= 15 is 0 Å². The number of nitrogens with one attached hydrogen (secondary N) is 1. The van der Waals surface area contributed by atoms with E-state index in [1.54, 1.807) is 12.1 Å². The highest BCUT2D eigenvalue weighted by Gasteiger charge is 2.14. The summed E-state index contributed by atoms with van der Waals surface area (Å²) < 4.78 is 19.1. The molecule has 0 aliphatic carbocycles.